The second kappa shape index (κ2) is 9.77. The third-order valence-corrected chi connectivity index (χ3v) is 4.10. The first kappa shape index (κ1) is 18.9. The van der Waals surface area contributed by atoms with Gasteiger partial charge in [0, 0.05) is 18.2 Å². The minimum absolute atomic E-state index is 0.0863. The molecule has 0 bridgehead atoms. The fourth-order valence-electron chi connectivity index (χ4n) is 2.56. The van der Waals surface area contributed by atoms with Crippen LogP contribution in [-0.2, 0) is 0 Å². The van der Waals surface area contributed by atoms with E-state index in [9.17, 15) is 10.4 Å². The minimum Gasteiger partial charge on any atom is -0.468 e. The molecule has 1 aromatic heterocycles. The maximum Gasteiger partial charge on any atom is 0.232 e. The molecule has 0 amide bonds. The molecule has 1 aromatic carbocycles. The lowest BCUT2D eigenvalue weighted by Gasteiger charge is -2.21. The molecule has 2 aromatic rings. The zero-order valence-electron chi connectivity index (χ0n) is 14.8. The number of hydrogen-bond acceptors (Lipinski definition) is 5. The van der Waals surface area contributed by atoms with Crippen molar-refractivity contribution in [2.45, 2.75) is 38.8 Å². The zero-order valence-corrected chi connectivity index (χ0v) is 14.8. The van der Waals surface area contributed by atoms with Gasteiger partial charge < -0.3 is 15.2 Å². The highest BCUT2D eigenvalue weighted by molar-refractivity contribution is 5.39. The van der Waals surface area contributed by atoms with Crippen LogP contribution in [-0.4, -0.2) is 29.3 Å². The molecule has 2 rings (SSSR count). The van der Waals surface area contributed by atoms with Crippen molar-refractivity contribution in [3.05, 3.63) is 59.3 Å². The molecule has 0 saturated heterocycles. The second-order valence-electron chi connectivity index (χ2n) is 5.96. The lowest BCUT2D eigenvalue weighted by atomic mass is 10.1. The summed E-state index contributed by atoms with van der Waals surface area (Å²) in [7, 11) is 0. The van der Waals surface area contributed by atoms with Gasteiger partial charge in [0.1, 0.15) is 17.7 Å². The Morgan fingerprint density at radius 1 is 1.24 bits per heavy atom. The highest BCUT2D eigenvalue weighted by atomic mass is 16.5. The van der Waals surface area contributed by atoms with Crippen molar-refractivity contribution in [2.75, 3.05) is 13.2 Å². The lowest BCUT2D eigenvalue weighted by Crippen LogP contribution is -2.33. The number of nitrogens with zero attached hydrogens (tertiary/aromatic N) is 2. The molecule has 2 N–H and O–H groups in total. The summed E-state index contributed by atoms with van der Waals surface area (Å²) in [6.45, 7) is 4.73. The molecule has 0 aliphatic heterocycles. The summed E-state index contributed by atoms with van der Waals surface area (Å²) >= 11 is 0. The van der Waals surface area contributed by atoms with Gasteiger partial charge >= 0.3 is 0 Å². The van der Waals surface area contributed by atoms with E-state index >= 15 is 0 Å². The van der Waals surface area contributed by atoms with Crippen LogP contribution in [0.5, 0.6) is 5.88 Å². The molecular weight excluding hydrogens is 314 g/mol. The van der Waals surface area contributed by atoms with E-state index in [-0.39, 0.29) is 18.8 Å². The van der Waals surface area contributed by atoms with E-state index in [1.165, 1.54) is 0 Å². The van der Waals surface area contributed by atoms with Gasteiger partial charge in [-0.15, -0.1) is 0 Å². The van der Waals surface area contributed by atoms with Crippen molar-refractivity contribution in [1.82, 2.24) is 10.3 Å². The maximum atomic E-state index is 9.30. The predicted octanol–water partition coefficient (Wildman–Crippen LogP) is 3.13. The highest BCUT2D eigenvalue weighted by Gasteiger charge is 2.17. The molecule has 1 unspecified atom stereocenters. The van der Waals surface area contributed by atoms with Crippen LogP contribution in [0.15, 0.2) is 42.5 Å². The molecule has 0 spiro atoms. The molecular formula is C20H25N3O2. The quantitative estimate of drug-likeness (QED) is 0.734. The average Bonchev–Trinajstić information content (AvgIpc) is 2.65. The Morgan fingerprint density at radius 2 is 2.00 bits per heavy atom. The van der Waals surface area contributed by atoms with Crippen LogP contribution < -0.4 is 10.1 Å². The molecule has 5 nitrogen and oxygen atoms in total. The Balaban J connectivity index is 2.15. The van der Waals surface area contributed by atoms with E-state index < -0.39 is 0 Å². The van der Waals surface area contributed by atoms with Gasteiger partial charge in [-0.3, -0.25) is 0 Å². The molecule has 0 fully saturated rings. The largest absolute Gasteiger partial charge is 0.468 e. The number of aromatic nitrogens is 1. The van der Waals surface area contributed by atoms with Crippen LogP contribution in [0.1, 0.15) is 42.7 Å². The predicted molar refractivity (Wildman–Crippen MR) is 97.3 cm³/mol. The first-order valence-electron chi connectivity index (χ1n) is 8.61. The van der Waals surface area contributed by atoms with E-state index in [2.05, 4.69) is 16.4 Å². The number of aryl methyl sites for hydroxylation is 1. The summed E-state index contributed by atoms with van der Waals surface area (Å²) < 4.78 is 6.12. The van der Waals surface area contributed by atoms with E-state index in [0.29, 0.717) is 24.4 Å². The van der Waals surface area contributed by atoms with Gasteiger partial charge in [0.2, 0.25) is 5.88 Å². The number of aliphatic hydroxyl groups excluding tert-OH is 1. The van der Waals surface area contributed by atoms with Crippen molar-refractivity contribution in [3.8, 4) is 11.9 Å². The molecule has 5 heteroatoms. The highest BCUT2D eigenvalue weighted by Crippen LogP contribution is 2.26. The van der Waals surface area contributed by atoms with Crippen LogP contribution in [0.2, 0.25) is 0 Å². The lowest BCUT2D eigenvalue weighted by molar-refractivity contribution is 0.177. The number of rotatable bonds is 9. The van der Waals surface area contributed by atoms with Gasteiger partial charge in [0.15, 0.2) is 0 Å². The Kier molecular flexibility index (Phi) is 7.39. The smallest absolute Gasteiger partial charge is 0.232 e. The first-order valence-corrected chi connectivity index (χ1v) is 8.61. The van der Waals surface area contributed by atoms with Crippen LogP contribution in [0.25, 0.3) is 0 Å². The molecule has 2 atom stereocenters. The molecule has 0 aliphatic rings. The van der Waals surface area contributed by atoms with E-state index in [4.69, 9.17) is 4.74 Å². The van der Waals surface area contributed by atoms with Gasteiger partial charge in [0.05, 0.1) is 6.61 Å². The second-order valence-corrected chi connectivity index (χ2v) is 5.96. The van der Waals surface area contributed by atoms with Crippen molar-refractivity contribution < 1.29 is 9.84 Å². The Morgan fingerprint density at radius 3 is 2.64 bits per heavy atom. The van der Waals surface area contributed by atoms with Crippen molar-refractivity contribution >= 4 is 0 Å². The summed E-state index contributed by atoms with van der Waals surface area (Å²) in [6, 6.07) is 15.7. The van der Waals surface area contributed by atoms with Crippen LogP contribution in [0.4, 0.5) is 0 Å². The third-order valence-electron chi connectivity index (χ3n) is 4.10. The molecule has 0 saturated carbocycles. The van der Waals surface area contributed by atoms with Crippen LogP contribution in [0.3, 0.4) is 0 Å². The van der Waals surface area contributed by atoms with Crippen molar-refractivity contribution in [2.24, 2.45) is 0 Å². The summed E-state index contributed by atoms with van der Waals surface area (Å²) in [5.41, 5.74) is 2.28. The van der Waals surface area contributed by atoms with E-state index in [0.717, 1.165) is 17.7 Å². The van der Waals surface area contributed by atoms with Gasteiger partial charge in [-0.05, 0) is 37.6 Å². The minimum atomic E-state index is -0.216. The molecule has 0 aliphatic carbocycles. The fourth-order valence-corrected chi connectivity index (χ4v) is 2.56. The van der Waals surface area contributed by atoms with Gasteiger partial charge in [-0.1, -0.05) is 37.3 Å². The standard InChI is InChI=1S/C20H25N3O2/c1-3-18(14-24)22-12-11-19(16-7-5-4-6-8-16)25-20-17(13-21)10-9-15(2)23-20/h4-10,18-19,22,24H,3,11-12,14H2,1-2H3/t18?,19-/m1/s1. The number of pyridine rings is 1. The third kappa shape index (κ3) is 5.56. The number of hydrogen-bond donors (Lipinski definition) is 2. The van der Waals surface area contributed by atoms with Gasteiger partial charge in [-0.2, -0.15) is 5.26 Å². The fraction of sp³-hybridized carbons (Fsp3) is 0.400. The number of aliphatic hydroxyl groups is 1. The summed E-state index contributed by atoms with van der Waals surface area (Å²) in [5, 5.41) is 21.9. The number of ether oxygens (including phenoxy) is 1. The normalized spacial score (nSPS) is 13.0. The first-order chi connectivity index (χ1) is 12.2. The summed E-state index contributed by atoms with van der Waals surface area (Å²) in [5.74, 6) is 0.366. The Bertz CT molecular complexity index is 694. The van der Waals surface area contributed by atoms with Crippen LogP contribution >= 0.6 is 0 Å². The van der Waals surface area contributed by atoms with Crippen molar-refractivity contribution in [3.63, 3.8) is 0 Å². The van der Waals surface area contributed by atoms with Crippen LogP contribution in [0, 0.1) is 18.3 Å². The van der Waals surface area contributed by atoms with E-state index in [1.807, 2.05) is 44.2 Å². The van der Waals surface area contributed by atoms with E-state index in [1.54, 1.807) is 12.1 Å². The summed E-state index contributed by atoms with van der Waals surface area (Å²) in [6.07, 6.45) is 1.36. The maximum absolute atomic E-state index is 9.30. The van der Waals surface area contributed by atoms with Gasteiger partial charge in [-0.25, -0.2) is 4.98 Å². The molecule has 132 valence electrons. The number of nitriles is 1. The topological polar surface area (TPSA) is 78.2 Å². The average molecular weight is 339 g/mol. The van der Waals surface area contributed by atoms with Crippen molar-refractivity contribution in [1.29, 1.82) is 5.26 Å². The molecule has 0 radical (unpaired) electrons. The SMILES string of the molecule is CCC(CO)NCC[C@@H](Oc1nc(C)ccc1C#N)c1ccccc1. The van der Waals surface area contributed by atoms with Gasteiger partial charge in [0.25, 0.3) is 0 Å². The number of benzene rings is 1. The Hall–Kier alpha value is -2.42. The monoisotopic (exact) mass is 339 g/mol. The summed E-state index contributed by atoms with van der Waals surface area (Å²) in [4.78, 5) is 4.38. The molecule has 1 heterocycles. The number of nitrogens with one attached hydrogen (secondary N) is 1. The Labute approximate surface area is 149 Å². The molecule has 25 heavy (non-hydrogen) atoms. The zero-order chi connectivity index (χ0) is 18.1.